The van der Waals surface area contributed by atoms with Crippen LogP contribution < -0.4 is 0 Å². The average molecular weight is 516 g/mol. The van der Waals surface area contributed by atoms with Crippen LogP contribution in [-0.4, -0.2) is 56.4 Å². The van der Waals surface area contributed by atoms with Crippen LogP contribution in [0.2, 0.25) is 0 Å². The van der Waals surface area contributed by atoms with Crippen molar-refractivity contribution in [2.24, 2.45) is 0 Å². The van der Waals surface area contributed by atoms with Crippen LogP contribution in [-0.2, 0) is 16.0 Å². The van der Waals surface area contributed by atoms with Crippen molar-refractivity contribution in [1.82, 2.24) is 15.0 Å². The van der Waals surface area contributed by atoms with Gasteiger partial charge in [-0.25, -0.2) is 9.59 Å². The molecule has 0 saturated carbocycles. The van der Waals surface area contributed by atoms with Crippen LogP contribution in [0, 0.1) is 0 Å². The molecule has 0 spiro atoms. The van der Waals surface area contributed by atoms with Crippen molar-refractivity contribution < 1.29 is 33.8 Å². The Labute approximate surface area is 218 Å². The van der Waals surface area contributed by atoms with E-state index in [1.165, 1.54) is 0 Å². The molecule has 10 nitrogen and oxygen atoms in total. The van der Waals surface area contributed by atoms with Gasteiger partial charge in [0.25, 0.3) is 11.7 Å². The lowest BCUT2D eigenvalue weighted by Crippen LogP contribution is -2.52. The molecule has 0 radical (unpaired) electrons. The van der Waals surface area contributed by atoms with Gasteiger partial charge in [-0.2, -0.15) is 4.98 Å². The summed E-state index contributed by atoms with van der Waals surface area (Å²) in [6.45, 7) is 1.11. The molecule has 1 fully saturated rings. The fraction of sp³-hybridized carbons (Fsp3) is 0.214. The zero-order valence-corrected chi connectivity index (χ0v) is 20.3. The maximum atomic E-state index is 11.1. The highest BCUT2D eigenvalue weighted by Crippen LogP contribution is 2.29. The van der Waals surface area contributed by atoms with Crippen LogP contribution >= 0.6 is 0 Å². The Bertz CT molecular complexity index is 1390. The number of benzene rings is 3. The van der Waals surface area contributed by atoms with Gasteiger partial charge in [-0.3, -0.25) is 4.90 Å². The Morgan fingerprint density at radius 3 is 2.11 bits per heavy atom. The van der Waals surface area contributed by atoms with Crippen LogP contribution in [0.25, 0.3) is 34.0 Å². The van der Waals surface area contributed by atoms with Crippen LogP contribution in [0.15, 0.2) is 83.4 Å². The van der Waals surface area contributed by atoms with Gasteiger partial charge in [0.15, 0.2) is 0 Å². The maximum absolute atomic E-state index is 11.1. The third-order valence-corrected chi connectivity index (χ3v) is 6.33. The molecule has 2 heterocycles. The van der Waals surface area contributed by atoms with E-state index < -0.39 is 18.1 Å². The molecule has 4 aromatic rings. The average Bonchev–Trinajstić information content (AvgIpc) is 3.39. The van der Waals surface area contributed by atoms with Gasteiger partial charge in [0.05, 0.1) is 6.54 Å². The second-order valence-electron chi connectivity index (χ2n) is 9.02. The second-order valence-corrected chi connectivity index (χ2v) is 9.02. The molecule has 1 saturated heterocycles. The summed E-state index contributed by atoms with van der Waals surface area (Å²) in [7, 11) is 0. The van der Waals surface area contributed by atoms with E-state index in [1.807, 2.05) is 71.6 Å². The number of rotatable bonds is 7. The lowest BCUT2D eigenvalue weighted by atomic mass is 10.0. The molecular formula is C28H25N3O7. The molecule has 1 aromatic heterocycles. The Morgan fingerprint density at radius 1 is 0.842 bits per heavy atom. The molecule has 0 aliphatic carbocycles. The second kappa shape index (κ2) is 10.7. The number of carboxylic acid groups (broad SMARTS) is 2. The summed E-state index contributed by atoms with van der Waals surface area (Å²) in [5.41, 5.74) is 4.77. The van der Waals surface area contributed by atoms with E-state index in [2.05, 4.69) is 22.3 Å². The minimum atomic E-state index is -1.74. The predicted molar refractivity (Wildman–Crippen MR) is 136 cm³/mol. The fourth-order valence-corrected chi connectivity index (χ4v) is 4.62. The Morgan fingerprint density at radius 2 is 1.45 bits per heavy atom. The van der Waals surface area contributed by atoms with Crippen LogP contribution in [0.1, 0.15) is 18.4 Å². The third-order valence-electron chi connectivity index (χ3n) is 6.33. The molecule has 0 atom stereocenters. The smallest absolute Gasteiger partial charge is 0.450 e. The van der Waals surface area contributed by atoms with Crippen LogP contribution in [0.5, 0.6) is 0 Å². The SMILES string of the molecule is O=C(O)OC1(OC(=O)O)CCCN(Cc2ccc(-c3noc(-c4ccc(-c5ccccc5)cc4)n3)cc2)C1. The molecule has 3 aromatic carbocycles. The summed E-state index contributed by atoms with van der Waals surface area (Å²) in [6.07, 6.45) is -2.47. The van der Waals surface area contributed by atoms with Gasteiger partial charge in [0.1, 0.15) is 0 Å². The molecule has 1 aliphatic rings. The van der Waals surface area contributed by atoms with Crippen molar-refractivity contribution in [1.29, 1.82) is 0 Å². The number of hydrogen-bond donors (Lipinski definition) is 2. The van der Waals surface area contributed by atoms with Gasteiger partial charge in [0.2, 0.25) is 5.82 Å². The topological polar surface area (TPSA) is 135 Å². The highest BCUT2D eigenvalue weighted by atomic mass is 16.8. The predicted octanol–water partition coefficient (Wildman–Crippen LogP) is 5.75. The number of piperidine rings is 1. The number of ether oxygens (including phenoxy) is 2. The summed E-state index contributed by atoms with van der Waals surface area (Å²) < 4.78 is 15.2. The zero-order chi connectivity index (χ0) is 26.5. The van der Waals surface area contributed by atoms with Gasteiger partial charge >= 0.3 is 12.3 Å². The van der Waals surface area contributed by atoms with E-state index in [0.29, 0.717) is 31.2 Å². The fourth-order valence-electron chi connectivity index (χ4n) is 4.62. The Hall–Kier alpha value is -4.70. The van der Waals surface area contributed by atoms with E-state index in [-0.39, 0.29) is 13.0 Å². The highest BCUT2D eigenvalue weighted by Gasteiger charge is 2.43. The van der Waals surface area contributed by atoms with Crippen molar-refractivity contribution >= 4 is 12.3 Å². The molecule has 194 valence electrons. The van der Waals surface area contributed by atoms with Crippen molar-refractivity contribution in [2.45, 2.75) is 25.2 Å². The normalized spacial score (nSPS) is 15.1. The summed E-state index contributed by atoms with van der Waals surface area (Å²) in [5, 5.41) is 22.2. The van der Waals surface area contributed by atoms with E-state index >= 15 is 0 Å². The van der Waals surface area contributed by atoms with Gasteiger partial charge in [-0.1, -0.05) is 71.9 Å². The van der Waals surface area contributed by atoms with Crippen molar-refractivity contribution in [3.8, 4) is 34.0 Å². The van der Waals surface area contributed by atoms with E-state index in [0.717, 1.165) is 27.8 Å². The number of aromatic nitrogens is 2. The molecule has 5 rings (SSSR count). The number of nitrogens with zero attached hydrogens (tertiary/aromatic N) is 3. The standard InChI is InChI=1S/C28H25N3O7/c32-26(33)36-28(37-27(34)35)15-4-16-31(18-28)17-19-7-9-22(10-8-19)24-29-25(38-30-24)23-13-11-21(12-14-23)20-5-2-1-3-6-20/h1-3,5-14H,4,15-18H2,(H,32,33)(H,34,35). The van der Waals surface area contributed by atoms with Crippen molar-refractivity contribution in [3.63, 3.8) is 0 Å². The first-order valence-electron chi connectivity index (χ1n) is 12.0. The summed E-state index contributed by atoms with van der Waals surface area (Å²) in [4.78, 5) is 28.7. The molecule has 10 heteroatoms. The van der Waals surface area contributed by atoms with Gasteiger partial charge < -0.3 is 24.2 Å². The molecular weight excluding hydrogens is 490 g/mol. The summed E-state index contributed by atoms with van der Waals surface area (Å²) in [6, 6.07) is 25.6. The molecule has 0 bridgehead atoms. The molecule has 0 unspecified atom stereocenters. The molecule has 0 amide bonds. The Kier molecular flexibility index (Phi) is 7.05. The van der Waals surface area contributed by atoms with E-state index in [4.69, 9.17) is 24.2 Å². The summed E-state index contributed by atoms with van der Waals surface area (Å²) >= 11 is 0. The minimum absolute atomic E-state index is 0.00458. The van der Waals surface area contributed by atoms with Crippen molar-refractivity contribution in [2.75, 3.05) is 13.1 Å². The largest absolute Gasteiger partial charge is 0.509 e. The molecule has 2 N–H and O–H groups in total. The lowest BCUT2D eigenvalue weighted by molar-refractivity contribution is -0.209. The van der Waals surface area contributed by atoms with Crippen LogP contribution in [0.3, 0.4) is 0 Å². The van der Waals surface area contributed by atoms with E-state index in [1.54, 1.807) is 0 Å². The van der Waals surface area contributed by atoms with E-state index in [9.17, 15) is 9.59 Å². The van der Waals surface area contributed by atoms with Crippen molar-refractivity contribution in [3.05, 3.63) is 84.4 Å². The summed E-state index contributed by atoms with van der Waals surface area (Å²) in [5.74, 6) is -0.860. The van der Waals surface area contributed by atoms with Gasteiger partial charge in [-0.05, 0) is 41.8 Å². The lowest BCUT2D eigenvalue weighted by Gasteiger charge is -2.39. The quantitative estimate of drug-likeness (QED) is 0.231. The molecule has 1 aliphatic heterocycles. The Balaban J connectivity index is 1.25. The first-order valence-corrected chi connectivity index (χ1v) is 12.0. The first kappa shape index (κ1) is 25.0. The number of carbonyl (C=O) groups is 2. The monoisotopic (exact) mass is 515 g/mol. The number of likely N-dealkylation sites (tertiary alicyclic amines) is 1. The highest BCUT2D eigenvalue weighted by molar-refractivity contribution is 5.68. The van der Waals surface area contributed by atoms with Crippen LogP contribution in [0.4, 0.5) is 9.59 Å². The van der Waals surface area contributed by atoms with Gasteiger partial charge in [0, 0.05) is 24.1 Å². The van der Waals surface area contributed by atoms with Gasteiger partial charge in [-0.15, -0.1) is 0 Å². The maximum Gasteiger partial charge on any atom is 0.509 e. The molecule has 38 heavy (non-hydrogen) atoms. The number of hydrogen-bond acceptors (Lipinski definition) is 8. The minimum Gasteiger partial charge on any atom is -0.450 e. The zero-order valence-electron chi connectivity index (χ0n) is 20.3. The first-order chi connectivity index (χ1) is 18.4. The third kappa shape index (κ3) is 5.81.